The molecule has 1 amide bonds. The summed E-state index contributed by atoms with van der Waals surface area (Å²) < 4.78 is 5.26. The highest BCUT2D eigenvalue weighted by Crippen LogP contribution is 2.20. The lowest BCUT2D eigenvalue weighted by atomic mass is 9.98. The molecule has 0 aliphatic heterocycles. The number of aliphatic hydroxyl groups is 1. The van der Waals surface area contributed by atoms with Gasteiger partial charge >= 0.3 is 6.09 Å². The summed E-state index contributed by atoms with van der Waals surface area (Å²) in [6.07, 6.45) is 4.66. The lowest BCUT2D eigenvalue weighted by Crippen LogP contribution is -2.37. The molecule has 0 radical (unpaired) electrons. The zero-order valence-corrected chi connectivity index (χ0v) is 10.2. The fourth-order valence-corrected chi connectivity index (χ4v) is 1.80. The summed E-state index contributed by atoms with van der Waals surface area (Å²) in [5.41, 5.74) is 0. The summed E-state index contributed by atoms with van der Waals surface area (Å²) in [6, 6.07) is 0. The maximum absolute atomic E-state index is 11.4. The number of hydrogen-bond acceptors (Lipinski definition) is 3. The van der Waals surface area contributed by atoms with E-state index in [1.807, 2.05) is 13.8 Å². The molecule has 16 heavy (non-hydrogen) atoms. The molecule has 1 fully saturated rings. The summed E-state index contributed by atoms with van der Waals surface area (Å²) in [5.74, 6) is 0.148. The summed E-state index contributed by atoms with van der Waals surface area (Å²) in [7, 11) is 0. The molecule has 0 aromatic carbocycles. The molecule has 4 heteroatoms. The number of rotatable bonds is 4. The molecule has 1 atom stereocenters. The first-order valence-electron chi connectivity index (χ1n) is 6.22. The van der Waals surface area contributed by atoms with Crippen LogP contribution in [0.5, 0.6) is 0 Å². The molecule has 1 aliphatic carbocycles. The molecule has 1 saturated carbocycles. The predicted molar refractivity (Wildman–Crippen MR) is 62.2 cm³/mol. The third kappa shape index (κ3) is 4.84. The average Bonchev–Trinajstić information content (AvgIpc) is 2.27. The van der Waals surface area contributed by atoms with E-state index < -0.39 is 12.2 Å². The van der Waals surface area contributed by atoms with Gasteiger partial charge in [0.1, 0.15) is 6.10 Å². The first-order valence-corrected chi connectivity index (χ1v) is 6.22. The molecular formula is C12H23NO3. The van der Waals surface area contributed by atoms with Crippen molar-refractivity contribution < 1.29 is 14.6 Å². The molecule has 0 saturated heterocycles. The van der Waals surface area contributed by atoms with Crippen LogP contribution >= 0.6 is 0 Å². The molecule has 0 aromatic heterocycles. The van der Waals surface area contributed by atoms with Gasteiger partial charge in [-0.15, -0.1) is 0 Å². The number of ether oxygens (including phenoxy) is 1. The third-order valence-electron chi connectivity index (χ3n) is 3.05. The molecule has 0 spiro atoms. The van der Waals surface area contributed by atoms with Crippen molar-refractivity contribution in [3.05, 3.63) is 0 Å². The number of hydrogen-bond donors (Lipinski definition) is 2. The Morgan fingerprint density at radius 2 is 2.00 bits per heavy atom. The standard InChI is InChI=1S/C12H23NO3/c1-9(2)11(14)8-13-12(15)16-10-6-4-3-5-7-10/h9-11,14H,3-8H2,1-2H3,(H,13,15). The van der Waals surface area contributed by atoms with Crippen LogP contribution in [-0.2, 0) is 4.74 Å². The smallest absolute Gasteiger partial charge is 0.407 e. The number of nitrogens with one attached hydrogen (secondary N) is 1. The van der Waals surface area contributed by atoms with Crippen molar-refractivity contribution in [2.75, 3.05) is 6.54 Å². The third-order valence-corrected chi connectivity index (χ3v) is 3.05. The van der Waals surface area contributed by atoms with E-state index in [4.69, 9.17) is 4.74 Å². The van der Waals surface area contributed by atoms with Crippen LogP contribution in [0.25, 0.3) is 0 Å². The number of carbonyl (C=O) groups excluding carboxylic acids is 1. The molecule has 1 aliphatic rings. The monoisotopic (exact) mass is 229 g/mol. The van der Waals surface area contributed by atoms with Crippen molar-refractivity contribution in [3.63, 3.8) is 0 Å². The van der Waals surface area contributed by atoms with Gasteiger partial charge in [-0.25, -0.2) is 4.79 Å². The second-order valence-corrected chi connectivity index (χ2v) is 4.86. The Balaban J connectivity index is 2.14. The van der Waals surface area contributed by atoms with Crippen molar-refractivity contribution in [1.82, 2.24) is 5.32 Å². The quantitative estimate of drug-likeness (QED) is 0.775. The van der Waals surface area contributed by atoms with Gasteiger partial charge in [-0.05, 0) is 31.6 Å². The largest absolute Gasteiger partial charge is 0.446 e. The van der Waals surface area contributed by atoms with Gasteiger partial charge in [0.2, 0.25) is 0 Å². The van der Waals surface area contributed by atoms with E-state index in [0.717, 1.165) is 25.7 Å². The summed E-state index contributed by atoms with van der Waals surface area (Å²) in [4.78, 5) is 11.4. The Morgan fingerprint density at radius 1 is 1.38 bits per heavy atom. The highest BCUT2D eigenvalue weighted by Gasteiger charge is 2.18. The highest BCUT2D eigenvalue weighted by molar-refractivity contribution is 5.67. The van der Waals surface area contributed by atoms with E-state index in [1.165, 1.54) is 6.42 Å². The van der Waals surface area contributed by atoms with E-state index >= 15 is 0 Å². The zero-order valence-electron chi connectivity index (χ0n) is 10.2. The van der Waals surface area contributed by atoms with Gasteiger partial charge in [0, 0.05) is 6.54 Å². The van der Waals surface area contributed by atoms with Crippen LogP contribution in [0, 0.1) is 5.92 Å². The summed E-state index contributed by atoms with van der Waals surface area (Å²) in [6.45, 7) is 4.10. The Bertz CT molecular complexity index is 212. The maximum Gasteiger partial charge on any atom is 0.407 e. The van der Waals surface area contributed by atoms with Crippen LogP contribution in [0.3, 0.4) is 0 Å². The summed E-state index contributed by atoms with van der Waals surface area (Å²) >= 11 is 0. The van der Waals surface area contributed by atoms with Crippen LogP contribution in [0.2, 0.25) is 0 Å². The minimum absolute atomic E-state index is 0.0740. The molecule has 94 valence electrons. The molecule has 0 heterocycles. The molecule has 0 bridgehead atoms. The molecule has 4 nitrogen and oxygen atoms in total. The van der Waals surface area contributed by atoms with E-state index in [2.05, 4.69) is 5.32 Å². The van der Waals surface area contributed by atoms with Gasteiger partial charge in [0.05, 0.1) is 6.10 Å². The minimum Gasteiger partial charge on any atom is -0.446 e. The van der Waals surface area contributed by atoms with Crippen molar-refractivity contribution in [3.8, 4) is 0 Å². The van der Waals surface area contributed by atoms with Gasteiger partial charge in [0.25, 0.3) is 0 Å². The van der Waals surface area contributed by atoms with Gasteiger partial charge in [0.15, 0.2) is 0 Å². The van der Waals surface area contributed by atoms with E-state index in [9.17, 15) is 9.90 Å². The normalized spacial score (nSPS) is 19.5. The zero-order chi connectivity index (χ0) is 12.0. The van der Waals surface area contributed by atoms with Crippen LogP contribution in [0.15, 0.2) is 0 Å². The Hall–Kier alpha value is -0.770. The van der Waals surface area contributed by atoms with Crippen molar-refractivity contribution in [1.29, 1.82) is 0 Å². The second-order valence-electron chi connectivity index (χ2n) is 4.86. The fourth-order valence-electron chi connectivity index (χ4n) is 1.80. The Labute approximate surface area is 97.4 Å². The minimum atomic E-state index is -0.501. The number of aliphatic hydroxyl groups excluding tert-OH is 1. The number of amides is 1. The first kappa shape index (κ1) is 13.3. The number of carbonyl (C=O) groups is 1. The lowest BCUT2D eigenvalue weighted by Gasteiger charge is -2.22. The molecular weight excluding hydrogens is 206 g/mol. The lowest BCUT2D eigenvalue weighted by molar-refractivity contribution is 0.0670. The van der Waals surface area contributed by atoms with Crippen LogP contribution in [-0.4, -0.2) is 30.0 Å². The van der Waals surface area contributed by atoms with Gasteiger partial charge in [-0.2, -0.15) is 0 Å². The van der Waals surface area contributed by atoms with Crippen LogP contribution in [0.4, 0.5) is 4.79 Å². The highest BCUT2D eigenvalue weighted by atomic mass is 16.6. The van der Waals surface area contributed by atoms with Gasteiger partial charge in [-0.3, -0.25) is 0 Å². The second kappa shape index (κ2) is 6.74. The van der Waals surface area contributed by atoms with Crippen molar-refractivity contribution >= 4 is 6.09 Å². The molecule has 0 aromatic rings. The van der Waals surface area contributed by atoms with E-state index in [0.29, 0.717) is 0 Å². The molecule has 2 N–H and O–H groups in total. The average molecular weight is 229 g/mol. The predicted octanol–water partition coefficient (Wildman–Crippen LogP) is 2.06. The van der Waals surface area contributed by atoms with Crippen molar-refractivity contribution in [2.24, 2.45) is 5.92 Å². The van der Waals surface area contributed by atoms with Crippen molar-refractivity contribution in [2.45, 2.75) is 58.2 Å². The molecule has 1 unspecified atom stereocenters. The number of alkyl carbamates (subject to hydrolysis) is 1. The van der Waals surface area contributed by atoms with E-state index in [1.54, 1.807) is 0 Å². The van der Waals surface area contributed by atoms with Gasteiger partial charge in [-0.1, -0.05) is 20.3 Å². The summed E-state index contributed by atoms with van der Waals surface area (Å²) in [5, 5.41) is 12.1. The maximum atomic E-state index is 11.4. The fraction of sp³-hybridized carbons (Fsp3) is 0.917. The van der Waals surface area contributed by atoms with Gasteiger partial charge < -0.3 is 15.2 Å². The SMILES string of the molecule is CC(C)C(O)CNC(=O)OC1CCCCC1. The van der Waals surface area contributed by atoms with E-state index in [-0.39, 0.29) is 18.6 Å². The van der Waals surface area contributed by atoms with Crippen LogP contribution in [0.1, 0.15) is 46.0 Å². The first-order chi connectivity index (χ1) is 7.59. The topological polar surface area (TPSA) is 58.6 Å². The Morgan fingerprint density at radius 3 is 2.56 bits per heavy atom. The van der Waals surface area contributed by atoms with Crippen LogP contribution < -0.4 is 5.32 Å². The Kier molecular flexibility index (Phi) is 5.60. The molecule has 1 rings (SSSR count).